The number of hydrogen-bond donors (Lipinski definition) is 5. The van der Waals surface area contributed by atoms with Crippen molar-refractivity contribution in [3.05, 3.63) is 69.6 Å². The fraction of sp³-hybridized carbons (Fsp3) is 0.200. The minimum absolute atomic E-state index is 0.0461. The van der Waals surface area contributed by atoms with E-state index in [2.05, 4.69) is 25.9 Å². The number of aliphatic hydroxyl groups excluding tert-OH is 1. The standard InChI is InChI=1S/C20H19F2N5O6/c1-33-20(31)14(9-28)25-26-16-12-3-2-6-23-17(12)27(32)19(30)15(16)18(29)24-8-10-4-5-11(21)7-13(10)22/h2-7,14,25-26,28,32H,8-9H2,1H3,(H,24,29)/t14-/m0/s1. The van der Waals surface area contributed by atoms with Gasteiger partial charge >= 0.3 is 5.97 Å². The molecule has 0 saturated heterocycles. The molecule has 0 aliphatic rings. The summed E-state index contributed by atoms with van der Waals surface area (Å²) in [6.07, 6.45) is 1.30. The first-order chi connectivity index (χ1) is 15.8. The molecule has 174 valence electrons. The van der Waals surface area contributed by atoms with Crippen LogP contribution in [0.15, 0.2) is 41.3 Å². The number of ether oxygens (including phenoxy) is 1. The zero-order valence-electron chi connectivity index (χ0n) is 17.1. The molecule has 0 radical (unpaired) electrons. The molecule has 1 amide bonds. The highest BCUT2D eigenvalue weighted by Crippen LogP contribution is 2.23. The molecule has 0 saturated carbocycles. The van der Waals surface area contributed by atoms with Crippen LogP contribution in [0.4, 0.5) is 14.5 Å². The third-order valence-electron chi connectivity index (χ3n) is 4.63. The fourth-order valence-corrected chi connectivity index (χ4v) is 2.95. The number of halogens is 2. The van der Waals surface area contributed by atoms with E-state index in [1.807, 2.05) is 0 Å². The maximum absolute atomic E-state index is 13.9. The number of rotatable bonds is 8. The van der Waals surface area contributed by atoms with Crippen molar-refractivity contribution in [2.24, 2.45) is 0 Å². The van der Waals surface area contributed by atoms with Gasteiger partial charge in [-0.15, -0.1) is 4.73 Å². The molecule has 0 aliphatic heterocycles. The van der Waals surface area contributed by atoms with Gasteiger partial charge in [0.25, 0.3) is 11.5 Å². The lowest BCUT2D eigenvalue weighted by Gasteiger charge is -2.19. The molecule has 0 fully saturated rings. The topological polar surface area (TPSA) is 155 Å². The minimum atomic E-state index is -1.26. The Hall–Kier alpha value is -4.10. The predicted molar refractivity (Wildman–Crippen MR) is 110 cm³/mol. The van der Waals surface area contributed by atoms with Crippen molar-refractivity contribution in [3.63, 3.8) is 0 Å². The van der Waals surface area contributed by atoms with Gasteiger partial charge in [0.15, 0.2) is 5.65 Å². The Kier molecular flexibility index (Phi) is 7.15. The number of pyridine rings is 2. The van der Waals surface area contributed by atoms with Crippen molar-refractivity contribution in [3.8, 4) is 0 Å². The van der Waals surface area contributed by atoms with Crippen molar-refractivity contribution in [1.29, 1.82) is 0 Å². The highest BCUT2D eigenvalue weighted by molar-refractivity contribution is 6.06. The lowest BCUT2D eigenvalue weighted by molar-refractivity contribution is -0.143. The van der Waals surface area contributed by atoms with Crippen LogP contribution in [-0.2, 0) is 16.1 Å². The average Bonchev–Trinajstić information content (AvgIpc) is 2.81. The first-order valence-electron chi connectivity index (χ1n) is 9.43. The number of methoxy groups -OCH3 is 1. The van der Waals surface area contributed by atoms with Gasteiger partial charge in [0.2, 0.25) is 0 Å². The third kappa shape index (κ3) is 4.88. The summed E-state index contributed by atoms with van der Waals surface area (Å²) in [6, 6.07) is 4.41. The molecule has 2 aromatic heterocycles. The van der Waals surface area contributed by atoms with E-state index in [1.165, 1.54) is 18.3 Å². The van der Waals surface area contributed by atoms with Crippen LogP contribution in [0.3, 0.4) is 0 Å². The average molecular weight is 463 g/mol. The maximum atomic E-state index is 13.9. The lowest BCUT2D eigenvalue weighted by Crippen LogP contribution is -2.45. The lowest BCUT2D eigenvalue weighted by atomic mass is 10.1. The van der Waals surface area contributed by atoms with E-state index >= 15 is 0 Å². The molecule has 0 unspecified atom stereocenters. The molecular formula is C20H19F2N5O6. The van der Waals surface area contributed by atoms with Gasteiger partial charge in [-0.3, -0.25) is 14.4 Å². The molecular weight excluding hydrogens is 444 g/mol. The number of hydrogen-bond acceptors (Lipinski definition) is 9. The van der Waals surface area contributed by atoms with Crippen LogP contribution in [0.1, 0.15) is 15.9 Å². The number of nitrogens with zero attached hydrogens (tertiary/aromatic N) is 2. The summed E-state index contributed by atoms with van der Waals surface area (Å²) in [5.74, 6) is -3.54. The number of anilines is 1. The minimum Gasteiger partial charge on any atom is -0.468 e. The van der Waals surface area contributed by atoms with E-state index in [1.54, 1.807) is 0 Å². The second kappa shape index (κ2) is 10.0. The highest BCUT2D eigenvalue weighted by Gasteiger charge is 2.25. The molecule has 2 heterocycles. The number of esters is 1. The summed E-state index contributed by atoms with van der Waals surface area (Å²) in [6.45, 7) is -1.08. The number of carbonyl (C=O) groups is 2. The fourth-order valence-electron chi connectivity index (χ4n) is 2.95. The molecule has 33 heavy (non-hydrogen) atoms. The second-order valence-electron chi connectivity index (χ2n) is 6.69. The molecule has 3 rings (SSSR count). The smallest absolute Gasteiger partial charge is 0.327 e. The zero-order chi connectivity index (χ0) is 24.1. The summed E-state index contributed by atoms with van der Waals surface area (Å²) in [4.78, 5) is 41.3. The van der Waals surface area contributed by atoms with Crippen LogP contribution in [0.5, 0.6) is 0 Å². The van der Waals surface area contributed by atoms with Gasteiger partial charge < -0.3 is 25.8 Å². The zero-order valence-corrected chi connectivity index (χ0v) is 17.1. The van der Waals surface area contributed by atoms with Crippen LogP contribution < -0.4 is 21.7 Å². The van der Waals surface area contributed by atoms with Crippen LogP contribution in [0.25, 0.3) is 11.0 Å². The Morgan fingerprint density at radius 1 is 1.27 bits per heavy atom. The van der Waals surface area contributed by atoms with Crippen molar-refractivity contribution in [1.82, 2.24) is 20.5 Å². The molecule has 13 heteroatoms. The van der Waals surface area contributed by atoms with Crippen molar-refractivity contribution in [2.75, 3.05) is 19.1 Å². The van der Waals surface area contributed by atoms with E-state index < -0.39 is 53.8 Å². The number of nitrogens with one attached hydrogen (secondary N) is 3. The van der Waals surface area contributed by atoms with E-state index in [-0.39, 0.29) is 27.0 Å². The van der Waals surface area contributed by atoms with Gasteiger partial charge in [0, 0.05) is 29.8 Å². The first-order valence-corrected chi connectivity index (χ1v) is 9.43. The normalized spacial score (nSPS) is 11.8. The highest BCUT2D eigenvalue weighted by atomic mass is 19.1. The summed E-state index contributed by atoms with van der Waals surface area (Å²) in [5.41, 5.74) is 2.79. The molecule has 0 spiro atoms. The van der Waals surface area contributed by atoms with E-state index in [9.17, 15) is 33.5 Å². The Labute approximate surface area is 184 Å². The van der Waals surface area contributed by atoms with E-state index in [0.29, 0.717) is 6.07 Å². The molecule has 5 N–H and O–H groups in total. The Morgan fingerprint density at radius 2 is 2.03 bits per heavy atom. The molecule has 1 atom stereocenters. The molecule has 1 aromatic carbocycles. The van der Waals surface area contributed by atoms with Crippen LogP contribution in [0.2, 0.25) is 0 Å². The predicted octanol–water partition coefficient (Wildman–Crippen LogP) is 0.292. The third-order valence-corrected chi connectivity index (χ3v) is 4.63. The second-order valence-corrected chi connectivity index (χ2v) is 6.69. The number of amides is 1. The summed E-state index contributed by atoms with van der Waals surface area (Å²) < 4.78 is 31.7. The van der Waals surface area contributed by atoms with Crippen molar-refractivity contribution in [2.45, 2.75) is 12.6 Å². The summed E-state index contributed by atoms with van der Waals surface area (Å²) in [5, 5.41) is 22.0. The maximum Gasteiger partial charge on any atom is 0.327 e. The van der Waals surface area contributed by atoms with Gasteiger partial charge in [0.05, 0.1) is 19.4 Å². The number of aromatic nitrogens is 2. The Morgan fingerprint density at radius 3 is 2.70 bits per heavy atom. The first kappa shape index (κ1) is 23.6. The largest absolute Gasteiger partial charge is 0.468 e. The van der Waals surface area contributed by atoms with Crippen LogP contribution in [0, 0.1) is 11.6 Å². The Balaban J connectivity index is 2.01. The number of fused-ring (bicyclic) bond motifs is 1. The monoisotopic (exact) mass is 463 g/mol. The number of aliphatic hydroxyl groups is 1. The number of carbonyl (C=O) groups excluding carboxylic acids is 2. The van der Waals surface area contributed by atoms with Crippen LogP contribution in [-0.4, -0.2) is 51.7 Å². The van der Waals surface area contributed by atoms with E-state index in [0.717, 1.165) is 19.2 Å². The van der Waals surface area contributed by atoms with Gasteiger partial charge in [-0.05, 0) is 18.2 Å². The van der Waals surface area contributed by atoms with Gasteiger partial charge in [-0.25, -0.2) is 19.2 Å². The molecule has 0 aliphatic carbocycles. The van der Waals surface area contributed by atoms with Crippen molar-refractivity contribution >= 4 is 28.6 Å². The van der Waals surface area contributed by atoms with E-state index in [4.69, 9.17) is 0 Å². The quantitative estimate of drug-likeness (QED) is 0.180. The van der Waals surface area contributed by atoms with Gasteiger partial charge in [0.1, 0.15) is 23.2 Å². The number of hydrazine groups is 1. The number of benzene rings is 1. The molecule has 11 nitrogen and oxygen atoms in total. The Bertz CT molecular complexity index is 1270. The van der Waals surface area contributed by atoms with Crippen molar-refractivity contribution < 1.29 is 33.4 Å². The summed E-state index contributed by atoms with van der Waals surface area (Å²) >= 11 is 0. The summed E-state index contributed by atoms with van der Waals surface area (Å²) in [7, 11) is 1.10. The van der Waals surface area contributed by atoms with Gasteiger partial charge in [-0.1, -0.05) is 6.07 Å². The SMILES string of the molecule is COC(=O)[C@H](CO)NNc1c(C(=O)NCc2ccc(F)cc2F)c(=O)n(O)c2ncccc12. The molecule has 0 bridgehead atoms. The van der Waals surface area contributed by atoms with Crippen LogP contribution >= 0.6 is 0 Å². The van der Waals surface area contributed by atoms with Gasteiger partial charge in [-0.2, -0.15) is 0 Å². The molecule has 3 aromatic rings.